The largest absolute Gasteiger partial charge is 0.497 e. The lowest BCUT2D eigenvalue weighted by molar-refractivity contribution is -0.122. The predicted molar refractivity (Wildman–Crippen MR) is 139 cm³/mol. The first kappa shape index (κ1) is 25.4. The Kier molecular flexibility index (Phi) is 9.08. The molecule has 3 aromatic carbocycles. The van der Waals surface area contributed by atoms with E-state index in [-0.39, 0.29) is 24.3 Å². The van der Waals surface area contributed by atoms with Gasteiger partial charge < -0.3 is 20.1 Å². The van der Waals surface area contributed by atoms with Crippen LogP contribution >= 0.6 is 0 Å². The van der Waals surface area contributed by atoms with Crippen LogP contribution in [0.3, 0.4) is 0 Å². The van der Waals surface area contributed by atoms with Crippen molar-refractivity contribution in [3.63, 3.8) is 0 Å². The van der Waals surface area contributed by atoms with Gasteiger partial charge >= 0.3 is 0 Å². The van der Waals surface area contributed by atoms with Gasteiger partial charge in [0.05, 0.1) is 38.8 Å². The molecule has 2 amide bonds. The second kappa shape index (κ2) is 12.9. The van der Waals surface area contributed by atoms with Crippen LogP contribution < -0.4 is 15.4 Å². The first-order valence-electron chi connectivity index (χ1n) is 12.3. The minimum absolute atomic E-state index is 0.123. The zero-order valence-electron chi connectivity index (χ0n) is 20.6. The zero-order chi connectivity index (χ0) is 25.2. The van der Waals surface area contributed by atoms with E-state index in [4.69, 9.17) is 9.47 Å². The van der Waals surface area contributed by atoms with E-state index in [0.717, 1.165) is 30.0 Å². The van der Waals surface area contributed by atoms with Crippen LogP contribution in [0.5, 0.6) is 5.75 Å². The molecule has 1 saturated heterocycles. The summed E-state index contributed by atoms with van der Waals surface area (Å²) in [5.74, 6) is 0.423. The van der Waals surface area contributed by atoms with Crippen molar-refractivity contribution in [1.29, 1.82) is 0 Å². The molecule has 2 N–H and O–H groups in total. The number of hydrogen-bond donors (Lipinski definition) is 2. The highest BCUT2D eigenvalue weighted by molar-refractivity contribution is 5.94. The normalized spacial score (nSPS) is 15.5. The van der Waals surface area contributed by atoms with E-state index in [9.17, 15) is 9.59 Å². The molecule has 188 valence electrons. The number of amides is 2. The van der Waals surface area contributed by atoms with E-state index in [1.807, 2.05) is 72.8 Å². The lowest BCUT2D eigenvalue weighted by atomic mass is 10.0. The molecule has 0 radical (unpaired) electrons. The molecular formula is C29H33N3O4. The third-order valence-corrected chi connectivity index (χ3v) is 6.33. The molecule has 0 aromatic heterocycles. The summed E-state index contributed by atoms with van der Waals surface area (Å²) in [5.41, 5.74) is 2.44. The highest BCUT2D eigenvalue weighted by atomic mass is 16.5. The van der Waals surface area contributed by atoms with Crippen LogP contribution in [0.25, 0.3) is 0 Å². The number of methoxy groups -OCH3 is 1. The van der Waals surface area contributed by atoms with Gasteiger partial charge in [-0.15, -0.1) is 0 Å². The second-order valence-electron chi connectivity index (χ2n) is 8.81. The van der Waals surface area contributed by atoms with Crippen LogP contribution in [0.15, 0.2) is 84.9 Å². The standard InChI is InChI=1S/C29H33N3O4/c1-35-25-14-12-23(13-15-25)27(21-32-16-18-36-19-17-32)30-28(33)20-26(22-8-4-2-5-9-22)31-29(34)24-10-6-3-7-11-24/h2-15,26-27H,16-21H2,1H3,(H,30,33)(H,31,34)/t26-,27-/m0/s1. The Morgan fingerprint density at radius 3 is 2.08 bits per heavy atom. The SMILES string of the molecule is COc1ccc([C@H](CN2CCOCC2)NC(=O)C[C@H](NC(=O)c2ccccc2)c2ccccc2)cc1. The molecule has 3 aromatic rings. The average Bonchev–Trinajstić information content (AvgIpc) is 2.94. The summed E-state index contributed by atoms with van der Waals surface area (Å²) in [6.45, 7) is 3.69. The molecule has 1 heterocycles. The number of ether oxygens (including phenoxy) is 2. The first-order valence-corrected chi connectivity index (χ1v) is 12.3. The molecule has 0 unspecified atom stereocenters. The molecular weight excluding hydrogens is 454 g/mol. The number of carbonyl (C=O) groups is 2. The summed E-state index contributed by atoms with van der Waals surface area (Å²) < 4.78 is 10.8. The topological polar surface area (TPSA) is 79.9 Å². The maximum Gasteiger partial charge on any atom is 0.251 e. The van der Waals surface area contributed by atoms with E-state index >= 15 is 0 Å². The number of hydrogen-bond acceptors (Lipinski definition) is 5. The highest BCUT2D eigenvalue weighted by Gasteiger charge is 2.24. The maximum atomic E-state index is 13.4. The monoisotopic (exact) mass is 487 g/mol. The van der Waals surface area contributed by atoms with E-state index in [0.29, 0.717) is 25.3 Å². The summed E-state index contributed by atoms with van der Waals surface area (Å²) in [7, 11) is 1.63. The van der Waals surface area contributed by atoms with E-state index in [2.05, 4.69) is 15.5 Å². The number of nitrogens with one attached hydrogen (secondary N) is 2. The van der Waals surface area contributed by atoms with Crippen LogP contribution in [-0.2, 0) is 9.53 Å². The van der Waals surface area contributed by atoms with Crippen LogP contribution in [-0.4, -0.2) is 56.7 Å². The van der Waals surface area contributed by atoms with Gasteiger partial charge in [-0.1, -0.05) is 60.7 Å². The quantitative estimate of drug-likeness (QED) is 0.455. The van der Waals surface area contributed by atoms with Gasteiger partial charge in [-0.25, -0.2) is 0 Å². The Bertz CT molecular complexity index is 1100. The third kappa shape index (κ3) is 7.16. The Hall–Kier alpha value is -3.68. The summed E-state index contributed by atoms with van der Waals surface area (Å²) in [5, 5.41) is 6.26. The maximum absolute atomic E-state index is 13.4. The van der Waals surface area contributed by atoms with E-state index < -0.39 is 6.04 Å². The van der Waals surface area contributed by atoms with Gasteiger partial charge in [0.1, 0.15) is 5.75 Å². The van der Waals surface area contributed by atoms with Gasteiger partial charge in [0.25, 0.3) is 5.91 Å². The number of rotatable bonds is 10. The van der Waals surface area contributed by atoms with Gasteiger partial charge in [0, 0.05) is 25.2 Å². The smallest absolute Gasteiger partial charge is 0.251 e. The molecule has 1 aliphatic heterocycles. The van der Waals surface area contributed by atoms with E-state index in [1.165, 1.54) is 0 Å². The summed E-state index contributed by atoms with van der Waals surface area (Å²) in [6, 6.07) is 25.7. The Morgan fingerprint density at radius 2 is 1.44 bits per heavy atom. The number of nitrogens with zero attached hydrogens (tertiary/aromatic N) is 1. The molecule has 2 atom stereocenters. The van der Waals surface area contributed by atoms with Gasteiger partial charge in [-0.05, 0) is 35.4 Å². The van der Waals surface area contributed by atoms with Gasteiger partial charge in [-0.3, -0.25) is 14.5 Å². The van der Waals surface area contributed by atoms with Crippen molar-refractivity contribution in [2.75, 3.05) is 40.0 Å². The van der Waals surface area contributed by atoms with Gasteiger partial charge in [0.15, 0.2) is 0 Å². The molecule has 0 saturated carbocycles. The van der Waals surface area contributed by atoms with Crippen LogP contribution in [0.2, 0.25) is 0 Å². The van der Waals surface area contributed by atoms with Gasteiger partial charge in [0.2, 0.25) is 5.91 Å². The molecule has 1 aliphatic rings. The lowest BCUT2D eigenvalue weighted by Gasteiger charge is -2.31. The fraction of sp³-hybridized carbons (Fsp3) is 0.310. The Labute approximate surface area is 212 Å². The molecule has 0 spiro atoms. The molecule has 4 rings (SSSR count). The fourth-order valence-electron chi connectivity index (χ4n) is 4.32. The number of benzene rings is 3. The first-order chi connectivity index (χ1) is 17.6. The molecule has 0 aliphatic carbocycles. The van der Waals surface area contributed by atoms with Crippen molar-refractivity contribution >= 4 is 11.8 Å². The fourth-order valence-corrected chi connectivity index (χ4v) is 4.32. The number of carbonyl (C=O) groups excluding carboxylic acids is 2. The highest BCUT2D eigenvalue weighted by Crippen LogP contribution is 2.22. The van der Waals surface area contributed by atoms with Crippen LogP contribution in [0, 0.1) is 0 Å². The van der Waals surface area contributed by atoms with Crippen molar-refractivity contribution in [2.45, 2.75) is 18.5 Å². The zero-order valence-corrected chi connectivity index (χ0v) is 20.6. The van der Waals surface area contributed by atoms with Crippen molar-refractivity contribution in [2.24, 2.45) is 0 Å². The predicted octanol–water partition coefficient (Wildman–Crippen LogP) is 3.75. The summed E-state index contributed by atoms with van der Waals surface area (Å²) >= 11 is 0. The summed E-state index contributed by atoms with van der Waals surface area (Å²) in [4.78, 5) is 28.6. The molecule has 1 fully saturated rings. The van der Waals surface area contributed by atoms with Crippen molar-refractivity contribution < 1.29 is 19.1 Å². The Balaban J connectivity index is 1.49. The lowest BCUT2D eigenvalue weighted by Crippen LogP contribution is -2.43. The minimum atomic E-state index is -0.459. The van der Waals surface area contributed by atoms with Gasteiger partial charge in [-0.2, -0.15) is 0 Å². The van der Waals surface area contributed by atoms with Crippen molar-refractivity contribution in [1.82, 2.24) is 15.5 Å². The molecule has 7 heteroatoms. The Morgan fingerprint density at radius 1 is 0.833 bits per heavy atom. The molecule has 7 nitrogen and oxygen atoms in total. The van der Waals surface area contributed by atoms with Crippen molar-refractivity contribution in [3.8, 4) is 5.75 Å². The number of morpholine rings is 1. The molecule has 0 bridgehead atoms. The second-order valence-corrected chi connectivity index (χ2v) is 8.81. The minimum Gasteiger partial charge on any atom is -0.497 e. The summed E-state index contributed by atoms with van der Waals surface area (Å²) in [6.07, 6.45) is 0.123. The average molecular weight is 488 g/mol. The van der Waals surface area contributed by atoms with Crippen LogP contribution in [0.4, 0.5) is 0 Å². The van der Waals surface area contributed by atoms with Crippen molar-refractivity contribution in [3.05, 3.63) is 102 Å². The van der Waals surface area contributed by atoms with E-state index in [1.54, 1.807) is 19.2 Å². The van der Waals surface area contributed by atoms with Crippen LogP contribution in [0.1, 0.15) is 40.0 Å². The third-order valence-electron chi connectivity index (χ3n) is 6.33. The molecule has 36 heavy (non-hydrogen) atoms.